The second-order valence-corrected chi connectivity index (χ2v) is 4.11. The van der Waals surface area contributed by atoms with Gasteiger partial charge in [-0.1, -0.05) is 6.07 Å². The summed E-state index contributed by atoms with van der Waals surface area (Å²) in [5.74, 6) is 5.53. The number of carbonyl (C=O) groups excluding carboxylic acids is 1. The van der Waals surface area contributed by atoms with Crippen LogP contribution >= 0.6 is 0 Å². The molecule has 3 aromatic heterocycles. The van der Waals surface area contributed by atoms with E-state index in [1.807, 2.05) is 5.43 Å². The topological polar surface area (TPSA) is 125 Å². The minimum Gasteiger partial charge on any atom is -0.461 e. The van der Waals surface area contributed by atoms with E-state index in [0.717, 1.165) is 0 Å². The van der Waals surface area contributed by atoms with Crippen molar-refractivity contribution in [1.82, 2.24) is 30.6 Å². The third-order valence-corrected chi connectivity index (χ3v) is 2.67. The van der Waals surface area contributed by atoms with Crippen molar-refractivity contribution in [2.45, 2.75) is 6.54 Å². The fraction of sp³-hybridized carbons (Fsp3) is 0.0833. The average Bonchev–Trinajstić information content (AvgIpc) is 3.17. The molecule has 0 aliphatic rings. The van der Waals surface area contributed by atoms with Crippen molar-refractivity contribution in [3.05, 3.63) is 48.0 Å². The van der Waals surface area contributed by atoms with Gasteiger partial charge in [-0.3, -0.25) is 10.2 Å². The summed E-state index contributed by atoms with van der Waals surface area (Å²) in [7, 11) is 0. The summed E-state index contributed by atoms with van der Waals surface area (Å²) >= 11 is 0. The van der Waals surface area contributed by atoms with Gasteiger partial charge >= 0.3 is 0 Å². The minimum absolute atomic E-state index is 0.223. The Bertz CT molecular complexity index is 751. The summed E-state index contributed by atoms with van der Waals surface area (Å²) < 4.78 is 5.19. The van der Waals surface area contributed by atoms with Crippen LogP contribution in [0, 0.1) is 0 Å². The third kappa shape index (κ3) is 2.77. The molecule has 0 radical (unpaired) electrons. The van der Waals surface area contributed by atoms with Gasteiger partial charge in [-0.25, -0.2) is 10.8 Å². The molecule has 1 amide bonds. The molecule has 0 aliphatic carbocycles. The number of carbonyl (C=O) groups is 1. The van der Waals surface area contributed by atoms with Crippen LogP contribution in [0.2, 0.25) is 0 Å². The lowest BCUT2D eigenvalue weighted by Crippen LogP contribution is -2.30. The summed E-state index contributed by atoms with van der Waals surface area (Å²) in [6.45, 7) is 0.277. The highest BCUT2D eigenvalue weighted by Gasteiger charge is 2.10. The largest absolute Gasteiger partial charge is 0.461 e. The van der Waals surface area contributed by atoms with Crippen LogP contribution in [0.25, 0.3) is 11.6 Å². The number of rotatable bonds is 4. The number of hydrazine groups is 1. The lowest BCUT2D eigenvalue weighted by molar-refractivity contribution is 0.0948. The SMILES string of the molecule is NNC(=O)c1cccc(Cn2nnc(-c3ccco3)n2)n1. The number of pyridine rings is 1. The number of amides is 1. The maximum atomic E-state index is 11.4. The first-order chi connectivity index (χ1) is 10.3. The Morgan fingerprint density at radius 1 is 1.33 bits per heavy atom. The van der Waals surface area contributed by atoms with E-state index < -0.39 is 5.91 Å². The third-order valence-electron chi connectivity index (χ3n) is 2.67. The Balaban J connectivity index is 1.79. The van der Waals surface area contributed by atoms with Crippen molar-refractivity contribution in [2.75, 3.05) is 0 Å². The van der Waals surface area contributed by atoms with E-state index in [0.29, 0.717) is 17.3 Å². The fourth-order valence-electron chi connectivity index (χ4n) is 1.73. The van der Waals surface area contributed by atoms with Crippen LogP contribution < -0.4 is 11.3 Å². The van der Waals surface area contributed by atoms with Gasteiger partial charge in [-0.05, 0) is 29.5 Å². The van der Waals surface area contributed by atoms with Gasteiger partial charge in [0, 0.05) is 0 Å². The smallest absolute Gasteiger partial charge is 0.283 e. The highest BCUT2D eigenvalue weighted by atomic mass is 16.3. The van der Waals surface area contributed by atoms with Crippen LogP contribution in [0.5, 0.6) is 0 Å². The maximum Gasteiger partial charge on any atom is 0.283 e. The molecule has 106 valence electrons. The molecule has 0 spiro atoms. The molecule has 0 saturated heterocycles. The molecule has 0 bridgehead atoms. The summed E-state index contributed by atoms with van der Waals surface area (Å²) in [4.78, 5) is 16.9. The zero-order valence-corrected chi connectivity index (χ0v) is 10.8. The molecule has 3 aromatic rings. The second kappa shape index (κ2) is 5.51. The van der Waals surface area contributed by atoms with E-state index in [9.17, 15) is 4.79 Å². The Morgan fingerprint density at radius 3 is 3.00 bits per heavy atom. The lowest BCUT2D eigenvalue weighted by Gasteiger charge is -2.02. The molecule has 0 fully saturated rings. The summed E-state index contributed by atoms with van der Waals surface area (Å²) in [6, 6.07) is 8.51. The molecule has 3 heterocycles. The highest BCUT2D eigenvalue weighted by Crippen LogP contribution is 2.13. The summed E-state index contributed by atoms with van der Waals surface area (Å²) in [5, 5.41) is 12.0. The van der Waals surface area contributed by atoms with Crippen LogP contribution in [0.3, 0.4) is 0 Å². The predicted octanol–water partition coefficient (Wildman–Crippen LogP) is -0.0201. The van der Waals surface area contributed by atoms with E-state index in [1.165, 1.54) is 11.1 Å². The molecule has 3 rings (SSSR count). The lowest BCUT2D eigenvalue weighted by atomic mass is 10.3. The quantitative estimate of drug-likeness (QED) is 0.392. The van der Waals surface area contributed by atoms with Crippen molar-refractivity contribution in [3.63, 3.8) is 0 Å². The van der Waals surface area contributed by atoms with Crippen LogP contribution in [-0.2, 0) is 6.54 Å². The molecular formula is C12H11N7O2. The van der Waals surface area contributed by atoms with Gasteiger partial charge < -0.3 is 4.42 Å². The van der Waals surface area contributed by atoms with Gasteiger partial charge in [0.2, 0.25) is 5.82 Å². The number of hydrogen-bond donors (Lipinski definition) is 2. The molecule has 0 atom stereocenters. The molecule has 9 nitrogen and oxygen atoms in total. The number of nitrogens with one attached hydrogen (secondary N) is 1. The second-order valence-electron chi connectivity index (χ2n) is 4.11. The Kier molecular flexibility index (Phi) is 3.39. The van der Waals surface area contributed by atoms with Crippen molar-refractivity contribution < 1.29 is 9.21 Å². The molecular weight excluding hydrogens is 274 g/mol. The summed E-state index contributed by atoms with van der Waals surface area (Å²) in [5.41, 5.74) is 2.86. The number of nitrogen functional groups attached to an aromatic ring is 1. The summed E-state index contributed by atoms with van der Waals surface area (Å²) in [6.07, 6.45) is 1.53. The first-order valence-corrected chi connectivity index (χ1v) is 6.05. The van der Waals surface area contributed by atoms with Crippen LogP contribution in [-0.4, -0.2) is 31.1 Å². The molecule has 0 aromatic carbocycles. The highest BCUT2D eigenvalue weighted by molar-refractivity contribution is 5.91. The number of tetrazole rings is 1. The van der Waals surface area contributed by atoms with Gasteiger partial charge in [-0.15, -0.1) is 10.2 Å². The predicted molar refractivity (Wildman–Crippen MR) is 70.5 cm³/mol. The van der Waals surface area contributed by atoms with Crippen molar-refractivity contribution in [1.29, 1.82) is 0 Å². The number of aromatic nitrogens is 5. The van der Waals surface area contributed by atoms with Crippen LogP contribution in [0.15, 0.2) is 41.0 Å². The molecule has 3 N–H and O–H groups in total. The molecule has 0 aliphatic heterocycles. The first-order valence-electron chi connectivity index (χ1n) is 6.05. The van der Waals surface area contributed by atoms with Crippen molar-refractivity contribution in [3.8, 4) is 11.6 Å². The maximum absolute atomic E-state index is 11.4. The zero-order valence-electron chi connectivity index (χ0n) is 10.8. The first kappa shape index (κ1) is 12.9. The number of furan rings is 1. The fourth-order valence-corrected chi connectivity index (χ4v) is 1.73. The average molecular weight is 285 g/mol. The zero-order chi connectivity index (χ0) is 14.7. The van der Waals surface area contributed by atoms with Gasteiger partial charge in [0.05, 0.1) is 12.0 Å². The van der Waals surface area contributed by atoms with E-state index in [1.54, 1.807) is 30.3 Å². The molecule has 0 saturated carbocycles. The van der Waals surface area contributed by atoms with E-state index in [4.69, 9.17) is 10.3 Å². The molecule has 9 heteroatoms. The van der Waals surface area contributed by atoms with E-state index >= 15 is 0 Å². The number of nitrogens with zero attached hydrogens (tertiary/aromatic N) is 5. The van der Waals surface area contributed by atoms with Gasteiger partial charge in [0.1, 0.15) is 12.2 Å². The Labute approximate surface area is 118 Å². The van der Waals surface area contributed by atoms with Crippen LogP contribution in [0.4, 0.5) is 0 Å². The van der Waals surface area contributed by atoms with Gasteiger partial charge in [-0.2, -0.15) is 4.80 Å². The number of nitrogens with two attached hydrogens (primary N) is 1. The monoisotopic (exact) mass is 285 g/mol. The Morgan fingerprint density at radius 2 is 2.24 bits per heavy atom. The van der Waals surface area contributed by atoms with E-state index in [2.05, 4.69) is 20.4 Å². The standard InChI is InChI=1S/C12H11N7O2/c13-15-12(20)9-4-1-3-8(14-9)7-19-17-11(16-18-19)10-5-2-6-21-10/h1-6H,7,13H2,(H,15,20). The molecule has 21 heavy (non-hydrogen) atoms. The minimum atomic E-state index is -0.459. The van der Waals surface area contributed by atoms with Crippen molar-refractivity contribution in [2.24, 2.45) is 5.84 Å². The van der Waals surface area contributed by atoms with E-state index in [-0.39, 0.29) is 12.2 Å². The number of hydrogen-bond acceptors (Lipinski definition) is 7. The molecule has 0 unspecified atom stereocenters. The Hall–Kier alpha value is -3.07. The van der Waals surface area contributed by atoms with Gasteiger partial charge in [0.25, 0.3) is 5.91 Å². The van der Waals surface area contributed by atoms with Crippen molar-refractivity contribution >= 4 is 5.91 Å². The van der Waals surface area contributed by atoms with Gasteiger partial charge in [0.15, 0.2) is 5.76 Å². The van der Waals surface area contributed by atoms with Crippen LogP contribution in [0.1, 0.15) is 16.2 Å². The normalized spacial score (nSPS) is 10.5.